The Morgan fingerprint density at radius 1 is 1.11 bits per heavy atom. The van der Waals surface area contributed by atoms with Crippen LogP contribution in [0.2, 0.25) is 0 Å². The molecule has 0 heterocycles. The quantitative estimate of drug-likeness (QED) is 0.810. The van der Waals surface area contributed by atoms with E-state index in [1.165, 1.54) is 5.56 Å². The molecule has 0 atom stereocenters. The maximum Gasteiger partial charge on any atom is 0.161 e. The van der Waals surface area contributed by atoms with Crippen molar-refractivity contribution in [1.82, 2.24) is 0 Å². The van der Waals surface area contributed by atoms with E-state index < -0.39 is 5.60 Å². The lowest BCUT2D eigenvalue weighted by atomic mass is 9.99. The molecule has 1 N–H and O–H groups in total. The van der Waals surface area contributed by atoms with Gasteiger partial charge in [-0.2, -0.15) is 0 Å². The molecule has 0 aromatic heterocycles. The number of aliphatic hydroxyl groups is 1. The first-order valence-corrected chi connectivity index (χ1v) is 6.60. The zero-order valence-electron chi connectivity index (χ0n) is 11.8. The standard InChI is InChI=1S/C15H24O3/c1-5-12-8-9-13(14(10-12)17-4)18-11-15(16,6-2)7-3/h8-10,16H,5-7,11H2,1-4H3. The van der Waals surface area contributed by atoms with Crippen LogP contribution in [0, 0.1) is 0 Å². The molecule has 0 aliphatic heterocycles. The van der Waals surface area contributed by atoms with Gasteiger partial charge < -0.3 is 14.6 Å². The largest absolute Gasteiger partial charge is 0.493 e. The topological polar surface area (TPSA) is 38.7 Å². The van der Waals surface area contributed by atoms with Crippen molar-refractivity contribution in [2.24, 2.45) is 0 Å². The summed E-state index contributed by atoms with van der Waals surface area (Å²) in [5, 5.41) is 10.2. The number of rotatable bonds is 7. The van der Waals surface area contributed by atoms with Crippen LogP contribution in [-0.2, 0) is 6.42 Å². The summed E-state index contributed by atoms with van der Waals surface area (Å²) in [5.41, 5.74) is 0.453. The average Bonchev–Trinajstić information content (AvgIpc) is 2.44. The summed E-state index contributed by atoms with van der Waals surface area (Å²) < 4.78 is 11.0. The molecule has 18 heavy (non-hydrogen) atoms. The fourth-order valence-electron chi connectivity index (χ4n) is 1.72. The highest BCUT2D eigenvalue weighted by atomic mass is 16.5. The third-order valence-corrected chi connectivity index (χ3v) is 3.45. The van der Waals surface area contributed by atoms with Gasteiger partial charge in [0.2, 0.25) is 0 Å². The van der Waals surface area contributed by atoms with Gasteiger partial charge in [0.15, 0.2) is 11.5 Å². The van der Waals surface area contributed by atoms with E-state index in [2.05, 4.69) is 6.92 Å². The third-order valence-electron chi connectivity index (χ3n) is 3.45. The van der Waals surface area contributed by atoms with E-state index in [9.17, 15) is 5.11 Å². The summed E-state index contributed by atoms with van der Waals surface area (Å²) in [7, 11) is 1.63. The Morgan fingerprint density at radius 2 is 1.78 bits per heavy atom. The van der Waals surface area contributed by atoms with Crippen molar-refractivity contribution >= 4 is 0 Å². The Morgan fingerprint density at radius 3 is 2.28 bits per heavy atom. The first-order valence-electron chi connectivity index (χ1n) is 6.60. The van der Waals surface area contributed by atoms with Crippen molar-refractivity contribution in [3.8, 4) is 11.5 Å². The number of ether oxygens (including phenoxy) is 2. The Balaban J connectivity index is 2.78. The molecule has 0 aliphatic carbocycles. The minimum atomic E-state index is -0.756. The minimum absolute atomic E-state index is 0.293. The van der Waals surface area contributed by atoms with Crippen LogP contribution in [-0.4, -0.2) is 24.4 Å². The van der Waals surface area contributed by atoms with Crippen molar-refractivity contribution in [1.29, 1.82) is 0 Å². The summed E-state index contributed by atoms with van der Waals surface area (Å²) in [6, 6.07) is 5.91. The third kappa shape index (κ3) is 3.64. The van der Waals surface area contributed by atoms with Crippen LogP contribution in [0.1, 0.15) is 39.2 Å². The molecule has 0 radical (unpaired) electrons. The number of benzene rings is 1. The van der Waals surface area contributed by atoms with E-state index in [0.29, 0.717) is 25.2 Å². The molecule has 0 fully saturated rings. The number of hydrogen-bond donors (Lipinski definition) is 1. The summed E-state index contributed by atoms with van der Waals surface area (Å²) in [5.74, 6) is 1.42. The van der Waals surface area contributed by atoms with Gasteiger partial charge in [-0.05, 0) is 37.0 Å². The van der Waals surface area contributed by atoms with Gasteiger partial charge in [-0.15, -0.1) is 0 Å². The first-order chi connectivity index (χ1) is 8.58. The van der Waals surface area contributed by atoms with Gasteiger partial charge >= 0.3 is 0 Å². The van der Waals surface area contributed by atoms with Gasteiger partial charge in [-0.1, -0.05) is 26.8 Å². The van der Waals surface area contributed by atoms with E-state index >= 15 is 0 Å². The van der Waals surface area contributed by atoms with Gasteiger partial charge in [0.25, 0.3) is 0 Å². The van der Waals surface area contributed by atoms with Crippen LogP contribution < -0.4 is 9.47 Å². The zero-order chi connectivity index (χ0) is 13.6. The molecular formula is C15H24O3. The smallest absolute Gasteiger partial charge is 0.161 e. The molecule has 0 aliphatic rings. The maximum atomic E-state index is 10.2. The molecule has 1 aromatic carbocycles. The van der Waals surface area contributed by atoms with Gasteiger partial charge in [0, 0.05) is 0 Å². The molecule has 0 spiro atoms. The molecule has 1 aromatic rings. The van der Waals surface area contributed by atoms with Gasteiger partial charge in [-0.25, -0.2) is 0 Å². The van der Waals surface area contributed by atoms with E-state index in [4.69, 9.17) is 9.47 Å². The summed E-state index contributed by atoms with van der Waals surface area (Å²) in [6.45, 7) is 6.32. The van der Waals surface area contributed by atoms with E-state index in [1.54, 1.807) is 7.11 Å². The Labute approximate surface area is 110 Å². The van der Waals surface area contributed by atoms with Crippen molar-refractivity contribution in [3.63, 3.8) is 0 Å². The van der Waals surface area contributed by atoms with Crippen LogP contribution in [0.5, 0.6) is 11.5 Å². The SMILES string of the molecule is CCc1ccc(OCC(O)(CC)CC)c(OC)c1. The predicted octanol–water partition coefficient (Wildman–Crippen LogP) is 3.19. The van der Waals surface area contributed by atoms with Crippen LogP contribution >= 0.6 is 0 Å². The van der Waals surface area contributed by atoms with Crippen LogP contribution in [0.3, 0.4) is 0 Å². The highest BCUT2D eigenvalue weighted by Gasteiger charge is 2.23. The maximum absolute atomic E-state index is 10.2. The van der Waals surface area contributed by atoms with E-state index in [0.717, 1.165) is 12.2 Å². The Bertz CT molecular complexity index is 370. The lowest BCUT2D eigenvalue weighted by molar-refractivity contribution is -0.0119. The second-order valence-corrected chi connectivity index (χ2v) is 4.56. The average molecular weight is 252 g/mol. The molecule has 0 bridgehead atoms. The summed E-state index contributed by atoms with van der Waals surface area (Å²) in [4.78, 5) is 0. The molecule has 3 heteroatoms. The summed E-state index contributed by atoms with van der Waals surface area (Å²) in [6.07, 6.45) is 2.32. The number of hydrogen-bond acceptors (Lipinski definition) is 3. The molecule has 1 rings (SSSR count). The van der Waals surface area contributed by atoms with Gasteiger partial charge in [0.1, 0.15) is 6.61 Å². The molecule has 0 unspecified atom stereocenters. The van der Waals surface area contributed by atoms with Gasteiger partial charge in [-0.3, -0.25) is 0 Å². The monoisotopic (exact) mass is 252 g/mol. The second-order valence-electron chi connectivity index (χ2n) is 4.56. The molecule has 0 saturated carbocycles. The molecule has 102 valence electrons. The van der Waals surface area contributed by atoms with E-state index in [-0.39, 0.29) is 0 Å². The molecule has 3 nitrogen and oxygen atoms in total. The fourth-order valence-corrected chi connectivity index (χ4v) is 1.72. The van der Waals surface area contributed by atoms with Crippen molar-refractivity contribution in [2.75, 3.05) is 13.7 Å². The fraction of sp³-hybridized carbons (Fsp3) is 0.600. The Hall–Kier alpha value is -1.22. The predicted molar refractivity (Wildman–Crippen MR) is 73.4 cm³/mol. The van der Waals surface area contributed by atoms with Crippen LogP contribution in [0.15, 0.2) is 18.2 Å². The Kier molecular flexibility index (Phi) is 5.48. The molecular weight excluding hydrogens is 228 g/mol. The van der Waals surface area contributed by atoms with Crippen molar-refractivity contribution in [2.45, 2.75) is 45.6 Å². The first kappa shape index (κ1) is 14.8. The van der Waals surface area contributed by atoms with Gasteiger partial charge in [0.05, 0.1) is 12.7 Å². The molecule has 0 amide bonds. The number of methoxy groups -OCH3 is 1. The van der Waals surface area contributed by atoms with Crippen molar-refractivity contribution < 1.29 is 14.6 Å². The van der Waals surface area contributed by atoms with Crippen LogP contribution in [0.4, 0.5) is 0 Å². The lowest BCUT2D eigenvalue weighted by Gasteiger charge is -2.25. The highest BCUT2D eigenvalue weighted by Crippen LogP contribution is 2.29. The van der Waals surface area contributed by atoms with Crippen LogP contribution in [0.25, 0.3) is 0 Å². The lowest BCUT2D eigenvalue weighted by Crippen LogP contribution is -2.34. The van der Waals surface area contributed by atoms with Crippen molar-refractivity contribution in [3.05, 3.63) is 23.8 Å². The molecule has 0 saturated heterocycles. The summed E-state index contributed by atoms with van der Waals surface area (Å²) >= 11 is 0. The second kappa shape index (κ2) is 6.64. The van der Waals surface area contributed by atoms with E-state index in [1.807, 2.05) is 32.0 Å². The normalized spacial score (nSPS) is 11.4. The number of aryl methyl sites for hydroxylation is 1. The minimum Gasteiger partial charge on any atom is -0.493 e. The zero-order valence-corrected chi connectivity index (χ0v) is 11.8. The highest BCUT2D eigenvalue weighted by molar-refractivity contribution is 5.43.